The highest BCUT2D eigenvalue weighted by Crippen LogP contribution is 2.64. The molecule has 4 aliphatic carbocycles. The number of rotatable bonds is 2. The number of aryl methyl sites for hydroxylation is 2. The molecule has 0 radical (unpaired) electrons. The molecule has 4 atom stereocenters. The maximum absolute atomic E-state index is 13.1. The van der Waals surface area contributed by atoms with E-state index in [4.69, 9.17) is 11.6 Å². The lowest BCUT2D eigenvalue weighted by Crippen LogP contribution is -2.57. The van der Waals surface area contributed by atoms with E-state index in [0.29, 0.717) is 11.8 Å². The highest BCUT2D eigenvalue weighted by molar-refractivity contribution is 6.24. The van der Waals surface area contributed by atoms with E-state index in [0.717, 1.165) is 43.4 Å². The lowest BCUT2D eigenvalue weighted by Gasteiger charge is -2.59. The van der Waals surface area contributed by atoms with Gasteiger partial charge in [-0.15, -0.1) is 11.6 Å². The number of carbonyl (C=O) groups excluding carboxylic acids is 1. The Morgan fingerprint density at radius 3 is 2.50 bits per heavy atom. The molecule has 5 rings (SSSR count). The maximum Gasteiger partial charge on any atom is 0.230 e. The SMILES string of the molecule is Cc1ccc(C)c(NC(=O)C23C[C@@H]4C[C@@H](CC(Cl)(C4)C2)C3)c1. The van der Waals surface area contributed by atoms with Crippen LogP contribution < -0.4 is 5.32 Å². The molecule has 0 heterocycles. The van der Waals surface area contributed by atoms with Crippen molar-refractivity contribution in [1.82, 2.24) is 0 Å². The number of carbonyl (C=O) groups is 1. The Hall–Kier alpha value is -1.02. The Morgan fingerprint density at radius 2 is 1.86 bits per heavy atom. The van der Waals surface area contributed by atoms with Crippen LogP contribution in [0, 0.1) is 31.1 Å². The number of hydrogen-bond acceptors (Lipinski definition) is 1. The summed E-state index contributed by atoms with van der Waals surface area (Å²) < 4.78 is 0. The van der Waals surface area contributed by atoms with Gasteiger partial charge >= 0.3 is 0 Å². The fourth-order valence-corrected chi connectivity index (χ4v) is 6.23. The molecule has 4 saturated carbocycles. The first-order valence-corrected chi connectivity index (χ1v) is 8.83. The van der Waals surface area contributed by atoms with Crippen molar-refractivity contribution in [3.8, 4) is 0 Å². The molecule has 4 fully saturated rings. The van der Waals surface area contributed by atoms with E-state index in [9.17, 15) is 4.79 Å². The molecule has 22 heavy (non-hydrogen) atoms. The molecule has 0 aromatic heterocycles. The third kappa shape index (κ3) is 2.27. The molecule has 4 bridgehead atoms. The standard InChI is InChI=1S/C19H24ClNO/c1-12-3-4-13(2)16(5-12)21-17(22)18-7-14-6-15(8-18)10-19(20,9-14)11-18/h3-5,14-15H,6-11H2,1-2H3,(H,21,22)/t14-,15+,18?,19?. The number of alkyl halides is 1. The van der Waals surface area contributed by atoms with Crippen LogP contribution in [-0.4, -0.2) is 10.8 Å². The maximum atomic E-state index is 13.1. The normalized spacial score (nSPS) is 39.0. The van der Waals surface area contributed by atoms with Crippen molar-refractivity contribution < 1.29 is 4.79 Å². The smallest absolute Gasteiger partial charge is 0.230 e. The summed E-state index contributed by atoms with van der Waals surface area (Å²) >= 11 is 6.84. The van der Waals surface area contributed by atoms with Crippen LogP contribution in [0.4, 0.5) is 5.69 Å². The molecule has 1 amide bonds. The second-order valence-corrected chi connectivity index (χ2v) is 8.97. The van der Waals surface area contributed by atoms with Crippen LogP contribution in [0.1, 0.15) is 49.7 Å². The van der Waals surface area contributed by atoms with Gasteiger partial charge in [-0.3, -0.25) is 4.79 Å². The second kappa shape index (κ2) is 4.74. The first-order valence-electron chi connectivity index (χ1n) is 8.45. The van der Waals surface area contributed by atoms with Crippen LogP contribution in [0.25, 0.3) is 0 Å². The van der Waals surface area contributed by atoms with Gasteiger partial charge in [-0.2, -0.15) is 0 Å². The Kier molecular flexibility index (Phi) is 3.14. The molecule has 4 aliphatic rings. The number of halogens is 1. The summed E-state index contributed by atoms with van der Waals surface area (Å²) in [7, 11) is 0. The third-order valence-electron chi connectivity index (χ3n) is 6.11. The van der Waals surface area contributed by atoms with Crippen molar-refractivity contribution in [3.05, 3.63) is 29.3 Å². The second-order valence-electron chi connectivity index (χ2n) is 8.16. The number of nitrogens with one attached hydrogen (secondary N) is 1. The molecule has 0 saturated heterocycles. The van der Waals surface area contributed by atoms with E-state index < -0.39 is 0 Å². The molecule has 0 spiro atoms. The molecular formula is C19H24ClNO. The van der Waals surface area contributed by atoms with E-state index in [1.165, 1.54) is 12.0 Å². The van der Waals surface area contributed by atoms with Crippen LogP contribution in [0.5, 0.6) is 0 Å². The van der Waals surface area contributed by atoms with E-state index in [-0.39, 0.29) is 16.2 Å². The van der Waals surface area contributed by atoms with E-state index in [2.05, 4.69) is 37.4 Å². The molecule has 3 heteroatoms. The molecule has 1 aromatic rings. The highest BCUT2D eigenvalue weighted by Gasteiger charge is 2.60. The molecule has 0 aliphatic heterocycles. The van der Waals surface area contributed by atoms with Gasteiger partial charge in [-0.25, -0.2) is 0 Å². The van der Waals surface area contributed by atoms with Crippen molar-refractivity contribution >= 4 is 23.2 Å². The summed E-state index contributed by atoms with van der Waals surface area (Å²) in [4.78, 5) is 13.0. The molecule has 2 unspecified atom stereocenters. The van der Waals surface area contributed by atoms with E-state index in [1.54, 1.807) is 0 Å². The highest BCUT2D eigenvalue weighted by atomic mass is 35.5. The molecule has 1 N–H and O–H groups in total. The third-order valence-corrected chi connectivity index (χ3v) is 6.55. The lowest BCUT2D eigenvalue weighted by atomic mass is 9.49. The van der Waals surface area contributed by atoms with Crippen molar-refractivity contribution in [2.45, 2.75) is 57.2 Å². The van der Waals surface area contributed by atoms with E-state index >= 15 is 0 Å². The first-order chi connectivity index (χ1) is 10.4. The van der Waals surface area contributed by atoms with Crippen LogP contribution in [-0.2, 0) is 4.79 Å². The summed E-state index contributed by atoms with van der Waals surface area (Å²) in [5.41, 5.74) is 3.05. The van der Waals surface area contributed by atoms with Gasteiger partial charge in [0.05, 0.1) is 5.41 Å². The van der Waals surface area contributed by atoms with Crippen molar-refractivity contribution in [1.29, 1.82) is 0 Å². The zero-order valence-corrected chi connectivity index (χ0v) is 14.2. The van der Waals surface area contributed by atoms with Crippen LogP contribution in [0.3, 0.4) is 0 Å². The fourth-order valence-electron chi connectivity index (χ4n) is 5.54. The van der Waals surface area contributed by atoms with Crippen molar-refractivity contribution in [2.75, 3.05) is 5.32 Å². The largest absolute Gasteiger partial charge is 0.325 e. The van der Waals surface area contributed by atoms with Crippen LogP contribution in [0.15, 0.2) is 18.2 Å². The summed E-state index contributed by atoms with van der Waals surface area (Å²) in [5, 5.41) is 3.23. The van der Waals surface area contributed by atoms with Crippen molar-refractivity contribution in [3.63, 3.8) is 0 Å². The number of anilines is 1. The fraction of sp³-hybridized carbons (Fsp3) is 0.632. The predicted molar refractivity (Wildman–Crippen MR) is 90.2 cm³/mol. The van der Waals surface area contributed by atoms with Crippen LogP contribution >= 0.6 is 11.6 Å². The van der Waals surface area contributed by atoms with Gasteiger partial charge in [0, 0.05) is 10.6 Å². The lowest BCUT2D eigenvalue weighted by molar-refractivity contribution is -0.138. The minimum atomic E-state index is -0.220. The van der Waals surface area contributed by atoms with Crippen molar-refractivity contribution in [2.24, 2.45) is 17.3 Å². The van der Waals surface area contributed by atoms with Gasteiger partial charge in [-0.1, -0.05) is 12.1 Å². The van der Waals surface area contributed by atoms with Gasteiger partial charge in [0.2, 0.25) is 5.91 Å². The summed E-state index contributed by atoms with van der Waals surface area (Å²) in [5.74, 6) is 1.52. The zero-order chi connectivity index (χ0) is 15.5. The topological polar surface area (TPSA) is 29.1 Å². The molecule has 1 aromatic carbocycles. The predicted octanol–water partition coefficient (Wildman–Crippen LogP) is 4.82. The Balaban J connectivity index is 1.61. The zero-order valence-electron chi connectivity index (χ0n) is 13.4. The number of hydrogen-bond donors (Lipinski definition) is 1. The molecular weight excluding hydrogens is 294 g/mol. The van der Waals surface area contributed by atoms with Gasteiger partial charge < -0.3 is 5.32 Å². The van der Waals surface area contributed by atoms with Gasteiger partial charge in [0.1, 0.15) is 0 Å². The molecule has 118 valence electrons. The number of amides is 1. The minimum Gasteiger partial charge on any atom is -0.325 e. The average Bonchev–Trinajstić information content (AvgIpc) is 2.40. The summed E-state index contributed by atoms with van der Waals surface area (Å²) in [6.07, 6.45) is 6.45. The quantitative estimate of drug-likeness (QED) is 0.778. The van der Waals surface area contributed by atoms with Gasteiger partial charge in [-0.05, 0) is 81.4 Å². The van der Waals surface area contributed by atoms with Gasteiger partial charge in [0.25, 0.3) is 0 Å². The van der Waals surface area contributed by atoms with Gasteiger partial charge in [0.15, 0.2) is 0 Å². The van der Waals surface area contributed by atoms with Crippen LogP contribution in [0.2, 0.25) is 0 Å². The Labute approximate surface area is 137 Å². The Morgan fingerprint density at radius 1 is 1.18 bits per heavy atom. The average molecular weight is 318 g/mol. The Bertz CT molecular complexity index is 624. The summed E-state index contributed by atoms with van der Waals surface area (Å²) in [6, 6.07) is 6.24. The summed E-state index contributed by atoms with van der Waals surface area (Å²) in [6.45, 7) is 4.12. The number of benzene rings is 1. The monoisotopic (exact) mass is 317 g/mol. The first kappa shape index (κ1) is 14.6. The molecule has 2 nitrogen and oxygen atoms in total. The van der Waals surface area contributed by atoms with E-state index in [1.807, 2.05) is 0 Å². The minimum absolute atomic E-state index is 0.108.